The van der Waals surface area contributed by atoms with Gasteiger partial charge in [-0.1, -0.05) is 25.7 Å². The second kappa shape index (κ2) is 9.84. The third-order valence-electron chi connectivity index (χ3n) is 5.95. The highest BCUT2D eigenvalue weighted by Gasteiger charge is 2.40. The third kappa shape index (κ3) is 5.24. The second-order valence-corrected chi connectivity index (χ2v) is 8.07. The molecule has 1 saturated carbocycles. The molecule has 2 atom stereocenters. The standard InChI is InChI=1S/C20H27FN4O5/c21-16-7-8-18(25(30)12-16)22-19(27)17-6-3-9-24(17)20(28)15(11-23(29)13-26)10-14-4-1-2-5-14/h7-8,12-15,17,29-30H,1-6,9-11H2/p+1/t15-,17+/m1/s1. The minimum absolute atomic E-state index is 0.00862. The molecule has 164 valence electrons. The van der Waals surface area contributed by atoms with Gasteiger partial charge in [0.15, 0.2) is 12.0 Å². The van der Waals surface area contributed by atoms with Crippen LogP contribution in [0.4, 0.5) is 10.2 Å². The number of amides is 3. The number of nitrogens with zero attached hydrogens (tertiary/aromatic N) is 3. The van der Waals surface area contributed by atoms with Crippen molar-refractivity contribution in [2.75, 3.05) is 18.4 Å². The van der Waals surface area contributed by atoms with Crippen molar-refractivity contribution in [1.82, 2.24) is 9.96 Å². The summed E-state index contributed by atoms with van der Waals surface area (Å²) in [5.41, 5.74) is 0. The summed E-state index contributed by atoms with van der Waals surface area (Å²) in [6.45, 7) is 0.283. The molecular weight excluding hydrogens is 395 g/mol. The van der Waals surface area contributed by atoms with Gasteiger partial charge in [0.2, 0.25) is 12.3 Å². The van der Waals surface area contributed by atoms with Gasteiger partial charge < -0.3 is 10.1 Å². The van der Waals surface area contributed by atoms with Crippen LogP contribution in [0.25, 0.3) is 0 Å². The molecule has 1 saturated heterocycles. The van der Waals surface area contributed by atoms with E-state index in [-0.39, 0.29) is 24.7 Å². The molecule has 0 bridgehead atoms. The van der Waals surface area contributed by atoms with Crippen LogP contribution < -0.4 is 10.0 Å². The predicted octanol–water partition coefficient (Wildman–Crippen LogP) is 1.32. The fourth-order valence-corrected chi connectivity index (χ4v) is 4.48. The predicted molar refractivity (Wildman–Crippen MR) is 102 cm³/mol. The highest BCUT2D eigenvalue weighted by Crippen LogP contribution is 2.32. The molecule has 9 nitrogen and oxygen atoms in total. The summed E-state index contributed by atoms with van der Waals surface area (Å²) in [5, 5.41) is 22.4. The van der Waals surface area contributed by atoms with E-state index in [9.17, 15) is 29.2 Å². The number of anilines is 1. The summed E-state index contributed by atoms with van der Waals surface area (Å²) in [6, 6.07) is 1.59. The van der Waals surface area contributed by atoms with Crippen molar-refractivity contribution in [3.8, 4) is 0 Å². The first kappa shape index (κ1) is 21.9. The maximum atomic E-state index is 13.3. The number of halogens is 1. The van der Waals surface area contributed by atoms with Gasteiger partial charge in [0, 0.05) is 12.6 Å². The first-order valence-corrected chi connectivity index (χ1v) is 10.3. The van der Waals surface area contributed by atoms with Crippen molar-refractivity contribution < 1.29 is 33.9 Å². The fourth-order valence-electron chi connectivity index (χ4n) is 4.48. The van der Waals surface area contributed by atoms with E-state index in [1.807, 2.05) is 0 Å². The van der Waals surface area contributed by atoms with Crippen LogP contribution in [0.5, 0.6) is 0 Å². The Balaban J connectivity index is 1.71. The number of hydrogen-bond acceptors (Lipinski definition) is 5. The van der Waals surface area contributed by atoms with Crippen molar-refractivity contribution in [2.45, 2.75) is 51.0 Å². The molecule has 3 N–H and O–H groups in total. The van der Waals surface area contributed by atoms with Gasteiger partial charge in [-0.25, -0.2) is 19.6 Å². The highest BCUT2D eigenvalue weighted by atomic mass is 19.1. The molecule has 1 aliphatic heterocycles. The molecule has 1 aliphatic carbocycles. The van der Waals surface area contributed by atoms with Crippen LogP contribution in [0.15, 0.2) is 18.3 Å². The van der Waals surface area contributed by atoms with Crippen molar-refractivity contribution in [3.63, 3.8) is 0 Å². The van der Waals surface area contributed by atoms with Gasteiger partial charge in [-0.15, -0.1) is 0 Å². The topological polar surface area (TPSA) is 114 Å². The van der Waals surface area contributed by atoms with Gasteiger partial charge >= 0.3 is 11.7 Å². The number of hydroxylamine groups is 2. The molecule has 10 heteroatoms. The lowest BCUT2D eigenvalue weighted by atomic mass is 9.91. The number of aromatic nitrogens is 1. The molecular formula is C20H28FN4O5+. The quantitative estimate of drug-likeness (QED) is 0.192. The molecule has 3 rings (SSSR count). The molecule has 0 radical (unpaired) electrons. The largest absolute Gasteiger partial charge is 0.350 e. The summed E-state index contributed by atoms with van der Waals surface area (Å²) in [7, 11) is 0. The number of rotatable bonds is 8. The van der Waals surface area contributed by atoms with Crippen LogP contribution >= 0.6 is 0 Å². The van der Waals surface area contributed by atoms with Crippen molar-refractivity contribution in [2.24, 2.45) is 11.8 Å². The Kier molecular flexibility index (Phi) is 7.20. The van der Waals surface area contributed by atoms with E-state index < -0.39 is 23.7 Å². The van der Waals surface area contributed by atoms with E-state index in [2.05, 4.69) is 5.32 Å². The zero-order chi connectivity index (χ0) is 21.7. The molecule has 30 heavy (non-hydrogen) atoms. The van der Waals surface area contributed by atoms with E-state index >= 15 is 0 Å². The Morgan fingerprint density at radius 2 is 2.03 bits per heavy atom. The first-order valence-electron chi connectivity index (χ1n) is 10.3. The monoisotopic (exact) mass is 423 g/mol. The van der Waals surface area contributed by atoms with Crippen molar-refractivity contribution >= 4 is 24.0 Å². The lowest BCUT2D eigenvalue weighted by Gasteiger charge is -2.29. The molecule has 0 unspecified atom stereocenters. The smallest absolute Gasteiger partial charge is 0.330 e. The van der Waals surface area contributed by atoms with Crippen LogP contribution in [-0.2, 0) is 14.4 Å². The van der Waals surface area contributed by atoms with Crippen molar-refractivity contribution in [3.05, 3.63) is 24.1 Å². The number of hydrogen-bond donors (Lipinski definition) is 3. The summed E-state index contributed by atoms with van der Waals surface area (Å²) >= 11 is 0. The average molecular weight is 423 g/mol. The average Bonchev–Trinajstić information content (AvgIpc) is 3.40. The minimum Gasteiger partial charge on any atom is -0.350 e. The SMILES string of the molecule is O=CN(O)C[C@@H](CC1CCCC1)C(=O)N1CCC[C@H]1C(=O)Nc1ccc(F)c[n+]1O. The zero-order valence-electron chi connectivity index (χ0n) is 16.7. The number of carbonyl (C=O) groups is 3. The number of nitrogens with one attached hydrogen (secondary N) is 1. The fraction of sp³-hybridized carbons (Fsp3) is 0.600. The van der Waals surface area contributed by atoms with Crippen LogP contribution in [0, 0.1) is 17.7 Å². The summed E-state index contributed by atoms with van der Waals surface area (Å²) in [6.07, 6.45) is 6.99. The molecule has 0 aromatic carbocycles. The highest BCUT2D eigenvalue weighted by molar-refractivity contribution is 5.96. The Labute approximate surface area is 174 Å². The maximum absolute atomic E-state index is 13.3. The Morgan fingerprint density at radius 3 is 2.70 bits per heavy atom. The van der Waals surface area contributed by atoms with Gasteiger partial charge in [-0.3, -0.25) is 14.8 Å². The molecule has 1 aromatic heterocycles. The van der Waals surface area contributed by atoms with E-state index in [1.54, 1.807) is 0 Å². The molecule has 1 aromatic rings. The number of likely N-dealkylation sites (tertiary alicyclic amines) is 1. The summed E-state index contributed by atoms with van der Waals surface area (Å²) in [4.78, 5) is 38.4. The van der Waals surface area contributed by atoms with E-state index in [0.29, 0.717) is 41.5 Å². The van der Waals surface area contributed by atoms with E-state index in [4.69, 9.17) is 0 Å². The van der Waals surface area contributed by atoms with E-state index in [0.717, 1.165) is 37.9 Å². The van der Waals surface area contributed by atoms with Gasteiger partial charge in [-0.2, -0.15) is 0 Å². The lowest BCUT2D eigenvalue weighted by Crippen LogP contribution is -2.49. The molecule has 0 spiro atoms. The molecule has 2 heterocycles. The normalized spacial score (nSPS) is 20.2. The zero-order valence-corrected chi connectivity index (χ0v) is 16.7. The summed E-state index contributed by atoms with van der Waals surface area (Å²) in [5.74, 6) is -1.65. The van der Waals surface area contributed by atoms with Crippen molar-refractivity contribution in [1.29, 1.82) is 0 Å². The Morgan fingerprint density at radius 1 is 1.30 bits per heavy atom. The molecule has 2 aliphatic rings. The number of carbonyl (C=O) groups excluding carboxylic acids is 3. The Bertz CT molecular complexity index is 786. The van der Waals surface area contributed by atoms with Crippen LogP contribution in [0.1, 0.15) is 44.9 Å². The second-order valence-electron chi connectivity index (χ2n) is 8.07. The van der Waals surface area contributed by atoms with Gasteiger partial charge in [0.05, 0.1) is 12.5 Å². The molecule has 3 amide bonds. The minimum atomic E-state index is -0.739. The van der Waals surface area contributed by atoms with Crippen LogP contribution in [-0.4, -0.2) is 57.7 Å². The summed E-state index contributed by atoms with van der Waals surface area (Å²) < 4.78 is 13.6. The molecule has 2 fully saturated rings. The van der Waals surface area contributed by atoms with Gasteiger partial charge in [-0.05, 0) is 36.0 Å². The van der Waals surface area contributed by atoms with Gasteiger partial charge in [0.25, 0.3) is 0 Å². The van der Waals surface area contributed by atoms with E-state index in [1.165, 1.54) is 11.0 Å². The lowest BCUT2D eigenvalue weighted by molar-refractivity contribution is -0.894. The van der Waals surface area contributed by atoms with Gasteiger partial charge in [0.1, 0.15) is 6.04 Å². The number of pyridine rings is 1. The van der Waals surface area contributed by atoms with Crippen LogP contribution in [0.2, 0.25) is 0 Å². The first-order chi connectivity index (χ1) is 14.4. The Hall–Kier alpha value is -2.75. The maximum Gasteiger partial charge on any atom is 0.330 e. The third-order valence-corrected chi connectivity index (χ3v) is 5.95. The van der Waals surface area contributed by atoms with Crippen LogP contribution in [0.3, 0.4) is 0 Å².